The Balaban J connectivity index is 1.88. The van der Waals surface area contributed by atoms with Crippen molar-refractivity contribution in [2.45, 2.75) is 37.3 Å². The molecule has 1 aromatic carbocycles. The van der Waals surface area contributed by atoms with Crippen molar-refractivity contribution in [2.75, 3.05) is 6.61 Å². The Morgan fingerprint density at radius 1 is 1.29 bits per heavy atom. The summed E-state index contributed by atoms with van der Waals surface area (Å²) in [6.07, 6.45) is 0.876. The number of hydrogen-bond donors (Lipinski definition) is 4. The number of pyridine rings is 1. The molecule has 0 saturated heterocycles. The molecule has 1 amide bonds. The number of rotatable bonds is 5. The molecule has 0 fully saturated rings. The first-order valence-corrected chi connectivity index (χ1v) is 9.35. The number of nitrogens with zero attached hydrogens (tertiary/aromatic N) is 1. The van der Waals surface area contributed by atoms with Crippen molar-refractivity contribution in [3.8, 4) is 0 Å². The number of halogens is 3. The Bertz CT molecular complexity index is 913. The van der Waals surface area contributed by atoms with Crippen LogP contribution in [0.2, 0.25) is 10.0 Å². The van der Waals surface area contributed by atoms with Gasteiger partial charge in [0.1, 0.15) is 5.60 Å². The lowest BCUT2D eigenvalue weighted by molar-refractivity contribution is -0.138. The molecule has 1 aromatic heterocycles. The highest BCUT2D eigenvalue weighted by Gasteiger charge is 2.51. The Morgan fingerprint density at radius 3 is 2.71 bits per heavy atom. The lowest BCUT2D eigenvalue weighted by atomic mass is 9.74. The maximum Gasteiger partial charge on any atom is 0.262 e. The molecule has 150 valence electrons. The number of carbonyl (C=O) groups is 1. The third-order valence-corrected chi connectivity index (χ3v) is 5.58. The molecule has 6 nitrogen and oxygen atoms in total. The Hall–Kier alpha value is -1.77. The molecule has 1 unspecified atom stereocenters. The van der Waals surface area contributed by atoms with Crippen molar-refractivity contribution in [1.82, 2.24) is 10.3 Å². The number of aliphatic hydroxyl groups excluding tert-OH is 2. The Kier molecular flexibility index (Phi) is 5.93. The van der Waals surface area contributed by atoms with Crippen LogP contribution in [-0.2, 0) is 29.2 Å². The first-order chi connectivity index (χ1) is 13.2. The highest BCUT2D eigenvalue weighted by molar-refractivity contribution is 6.35. The molecule has 3 rings (SSSR count). The smallest absolute Gasteiger partial charge is 0.262 e. The van der Waals surface area contributed by atoms with Gasteiger partial charge < -0.3 is 20.6 Å². The molecule has 2 aromatic rings. The van der Waals surface area contributed by atoms with Gasteiger partial charge in [0.15, 0.2) is 0 Å². The molecule has 1 aliphatic carbocycles. The minimum atomic E-state index is -2.43. The number of hydrogen-bond acceptors (Lipinski definition) is 5. The van der Waals surface area contributed by atoms with Gasteiger partial charge in [0.2, 0.25) is 5.67 Å². The van der Waals surface area contributed by atoms with Gasteiger partial charge in [-0.3, -0.25) is 9.78 Å². The molecule has 4 N–H and O–H groups in total. The fraction of sp³-hybridized carbons (Fsp3) is 0.368. The molecule has 0 bridgehead atoms. The maximum atomic E-state index is 15.7. The van der Waals surface area contributed by atoms with Gasteiger partial charge >= 0.3 is 0 Å². The summed E-state index contributed by atoms with van der Waals surface area (Å²) in [5.41, 5.74) is -3.41. The minimum Gasteiger partial charge on any atom is -0.393 e. The van der Waals surface area contributed by atoms with Crippen molar-refractivity contribution in [2.24, 2.45) is 0 Å². The lowest BCUT2D eigenvalue weighted by Crippen LogP contribution is -2.49. The number of aromatic nitrogens is 1. The third-order valence-electron chi connectivity index (χ3n) is 5.03. The second kappa shape index (κ2) is 7.93. The zero-order valence-electron chi connectivity index (χ0n) is 14.8. The number of aliphatic hydroxyl groups is 3. The molecule has 9 heteroatoms. The zero-order chi connectivity index (χ0) is 20.5. The van der Waals surface area contributed by atoms with Gasteiger partial charge in [0.25, 0.3) is 5.91 Å². The van der Waals surface area contributed by atoms with Crippen molar-refractivity contribution in [3.63, 3.8) is 0 Å². The first-order valence-electron chi connectivity index (χ1n) is 8.59. The van der Waals surface area contributed by atoms with E-state index in [0.717, 1.165) is 0 Å². The number of carbonyl (C=O) groups excluding carboxylic acids is 1. The van der Waals surface area contributed by atoms with E-state index in [1.54, 1.807) is 0 Å². The van der Waals surface area contributed by atoms with E-state index in [9.17, 15) is 20.1 Å². The first kappa shape index (κ1) is 21.0. The summed E-state index contributed by atoms with van der Waals surface area (Å²) in [5.74, 6) is -0.920. The normalized spacial score (nSPS) is 23.9. The lowest BCUT2D eigenvalue weighted by Gasteiger charge is -2.38. The fourth-order valence-electron chi connectivity index (χ4n) is 3.42. The predicted molar refractivity (Wildman–Crippen MR) is 101 cm³/mol. The van der Waals surface area contributed by atoms with Crippen LogP contribution in [0, 0.1) is 0 Å². The molecule has 0 spiro atoms. The van der Waals surface area contributed by atoms with Crippen molar-refractivity contribution < 1.29 is 24.5 Å². The van der Waals surface area contributed by atoms with Gasteiger partial charge in [-0.15, -0.1) is 0 Å². The van der Waals surface area contributed by atoms with Gasteiger partial charge in [-0.05, 0) is 42.2 Å². The summed E-state index contributed by atoms with van der Waals surface area (Å²) in [6.45, 7) is -1.09. The van der Waals surface area contributed by atoms with Gasteiger partial charge in [-0.1, -0.05) is 29.3 Å². The fourth-order valence-corrected chi connectivity index (χ4v) is 4.02. The van der Waals surface area contributed by atoms with Crippen LogP contribution < -0.4 is 5.32 Å². The zero-order valence-corrected chi connectivity index (χ0v) is 16.3. The molecule has 0 aliphatic heterocycles. The van der Waals surface area contributed by atoms with E-state index in [1.807, 2.05) is 0 Å². The monoisotopic (exact) mass is 428 g/mol. The molecule has 1 heterocycles. The van der Waals surface area contributed by atoms with Gasteiger partial charge in [0.05, 0.1) is 18.9 Å². The maximum absolute atomic E-state index is 15.7. The van der Waals surface area contributed by atoms with E-state index < -0.39 is 23.8 Å². The van der Waals surface area contributed by atoms with Gasteiger partial charge in [-0.2, -0.15) is 0 Å². The standard InChI is InChI=1S/C19H19Cl2FN2O4/c20-12-6-11(9-25)13(15(21)7-12)8-24-17(27)19(22)4-3-18(28,10-26)16-14(19)2-1-5-23-16/h1-2,5-7,25-26,28H,3-4,8-10H2,(H,24,27)/t18?,19-/m0/s1. The molecule has 1 aliphatic rings. The summed E-state index contributed by atoms with van der Waals surface area (Å²) in [4.78, 5) is 16.7. The SMILES string of the molecule is O=C(NCc1c(Cl)cc(Cl)cc1CO)[C@]1(F)CCC(O)(CO)c2ncccc21. The third kappa shape index (κ3) is 3.60. The number of alkyl halides is 1. The van der Waals surface area contributed by atoms with Crippen LogP contribution in [0.1, 0.15) is 35.2 Å². The quantitative estimate of drug-likeness (QED) is 0.585. The van der Waals surface area contributed by atoms with Crippen LogP contribution in [0.25, 0.3) is 0 Å². The van der Waals surface area contributed by atoms with Gasteiger partial charge in [0, 0.05) is 28.4 Å². The second-order valence-electron chi connectivity index (χ2n) is 6.76. The minimum absolute atomic E-state index is 0.0537. The molecular weight excluding hydrogens is 410 g/mol. The topological polar surface area (TPSA) is 103 Å². The second-order valence-corrected chi connectivity index (χ2v) is 7.60. The summed E-state index contributed by atoms with van der Waals surface area (Å²) in [7, 11) is 0. The Labute approximate surface area is 170 Å². The molecule has 0 saturated carbocycles. The highest BCUT2D eigenvalue weighted by Crippen LogP contribution is 2.45. The van der Waals surface area contributed by atoms with E-state index in [0.29, 0.717) is 16.1 Å². The van der Waals surface area contributed by atoms with E-state index in [1.165, 1.54) is 30.5 Å². The van der Waals surface area contributed by atoms with E-state index in [4.69, 9.17) is 23.2 Å². The summed E-state index contributed by atoms with van der Waals surface area (Å²) in [6, 6.07) is 5.82. The van der Waals surface area contributed by atoms with Crippen molar-refractivity contribution in [1.29, 1.82) is 0 Å². The number of fused-ring (bicyclic) bond motifs is 1. The van der Waals surface area contributed by atoms with Crippen LogP contribution in [0.4, 0.5) is 4.39 Å². The molecule has 0 radical (unpaired) electrons. The van der Waals surface area contributed by atoms with E-state index in [2.05, 4.69) is 10.3 Å². The number of nitrogens with one attached hydrogen (secondary N) is 1. The van der Waals surface area contributed by atoms with E-state index >= 15 is 4.39 Å². The van der Waals surface area contributed by atoms with E-state index in [-0.39, 0.29) is 42.3 Å². The number of benzene rings is 1. The highest BCUT2D eigenvalue weighted by atomic mass is 35.5. The molecule has 2 atom stereocenters. The van der Waals surface area contributed by atoms with Crippen LogP contribution in [0.15, 0.2) is 30.5 Å². The van der Waals surface area contributed by atoms with Crippen LogP contribution in [0.3, 0.4) is 0 Å². The van der Waals surface area contributed by atoms with Gasteiger partial charge in [-0.25, -0.2) is 4.39 Å². The van der Waals surface area contributed by atoms with Crippen LogP contribution in [-0.4, -0.2) is 32.8 Å². The predicted octanol–water partition coefficient (Wildman–Crippen LogP) is 2.34. The molecular formula is C19H19Cl2FN2O4. The summed E-state index contributed by atoms with van der Waals surface area (Å²) >= 11 is 12.1. The van der Waals surface area contributed by atoms with Crippen LogP contribution >= 0.6 is 23.2 Å². The van der Waals surface area contributed by atoms with Crippen LogP contribution in [0.5, 0.6) is 0 Å². The summed E-state index contributed by atoms with van der Waals surface area (Å²) in [5, 5.41) is 32.6. The molecule has 28 heavy (non-hydrogen) atoms. The Morgan fingerprint density at radius 2 is 2.04 bits per heavy atom. The van der Waals surface area contributed by atoms with Crippen molar-refractivity contribution >= 4 is 29.1 Å². The largest absolute Gasteiger partial charge is 0.393 e. The average Bonchev–Trinajstić information content (AvgIpc) is 2.69. The number of amides is 1. The summed E-state index contributed by atoms with van der Waals surface area (Å²) < 4.78 is 15.7. The average molecular weight is 429 g/mol. The van der Waals surface area contributed by atoms with Crippen molar-refractivity contribution in [3.05, 3.63) is 62.9 Å².